The number of aromatic amines is 1. The number of nitrogens with one attached hydrogen (secondary N) is 1. The first-order chi connectivity index (χ1) is 9.90. The molecule has 3 nitrogen and oxygen atoms in total. The second-order valence-corrected chi connectivity index (χ2v) is 4.70. The molecule has 4 aromatic rings. The molecule has 0 bridgehead atoms. The highest BCUT2D eigenvalue weighted by Crippen LogP contribution is 2.26. The molecule has 0 spiro atoms. The Labute approximate surface area is 115 Å². The molecule has 2 heterocycles. The van der Waals surface area contributed by atoms with Gasteiger partial charge >= 0.3 is 0 Å². The Balaban J connectivity index is 1.84. The van der Waals surface area contributed by atoms with Gasteiger partial charge in [0.05, 0.1) is 23.6 Å². The lowest BCUT2D eigenvalue weighted by Gasteiger charge is -1.96. The van der Waals surface area contributed by atoms with Crippen LogP contribution in [0.2, 0.25) is 0 Å². The summed E-state index contributed by atoms with van der Waals surface area (Å²) in [7, 11) is 0. The predicted molar refractivity (Wildman–Crippen MR) is 79.2 cm³/mol. The van der Waals surface area contributed by atoms with Crippen LogP contribution >= 0.6 is 0 Å². The van der Waals surface area contributed by atoms with Gasteiger partial charge in [0, 0.05) is 11.1 Å². The van der Waals surface area contributed by atoms with Crippen LogP contribution in [0.5, 0.6) is 0 Å². The topological polar surface area (TPSA) is 41.8 Å². The second kappa shape index (κ2) is 4.38. The van der Waals surface area contributed by atoms with Crippen LogP contribution in [0.25, 0.3) is 33.5 Å². The van der Waals surface area contributed by atoms with Gasteiger partial charge in [-0.25, -0.2) is 4.98 Å². The molecule has 3 heteroatoms. The summed E-state index contributed by atoms with van der Waals surface area (Å²) in [5.74, 6) is 0.893. The Morgan fingerprint density at radius 2 is 1.75 bits per heavy atom. The molecule has 0 atom stereocenters. The van der Waals surface area contributed by atoms with E-state index in [2.05, 4.69) is 34.2 Å². The van der Waals surface area contributed by atoms with Crippen LogP contribution in [-0.4, -0.2) is 9.97 Å². The first-order valence-corrected chi connectivity index (χ1v) is 6.48. The van der Waals surface area contributed by atoms with Gasteiger partial charge in [-0.15, -0.1) is 0 Å². The smallest absolute Gasteiger partial charge is 0.138 e. The summed E-state index contributed by atoms with van der Waals surface area (Å²) in [5, 5.41) is 0. The zero-order chi connectivity index (χ0) is 13.4. The molecule has 0 amide bonds. The minimum atomic E-state index is 0.893. The fraction of sp³-hybridized carbons (Fsp3) is 0. The molecule has 0 aliphatic rings. The zero-order valence-corrected chi connectivity index (χ0v) is 10.7. The van der Waals surface area contributed by atoms with Gasteiger partial charge < -0.3 is 9.40 Å². The molecule has 0 saturated carbocycles. The lowest BCUT2D eigenvalue weighted by molar-refractivity contribution is 0.568. The van der Waals surface area contributed by atoms with E-state index in [0.29, 0.717) is 0 Å². The highest BCUT2D eigenvalue weighted by Gasteiger charge is 2.06. The van der Waals surface area contributed by atoms with Crippen molar-refractivity contribution in [3.05, 3.63) is 67.1 Å². The SMILES string of the molecule is c1ccc(-c2nc3ccc(-c4ccoc4)cc3[nH]2)cc1. The Morgan fingerprint density at radius 1 is 0.850 bits per heavy atom. The molecular weight excluding hydrogens is 248 g/mol. The Bertz CT molecular complexity index is 845. The minimum absolute atomic E-state index is 0.893. The second-order valence-electron chi connectivity index (χ2n) is 4.70. The van der Waals surface area contributed by atoms with Gasteiger partial charge in [0.1, 0.15) is 5.82 Å². The van der Waals surface area contributed by atoms with Crippen LogP contribution in [0.3, 0.4) is 0 Å². The number of imidazole rings is 1. The van der Waals surface area contributed by atoms with Crippen LogP contribution in [0.15, 0.2) is 71.5 Å². The maximum Gasteiger partial charge on any atom is 0.138 e. The third kappa shape index (κ3) is 1.80. The van der Waals surface area contributed by atoms with Crippen LogP contribution in [-0.2, 0) is 0 Å². The van der Waals surface area contributed by atoms with Crippen molar-refractivity contribution in [2.45, 2.75) is 0 Å². The molecule has 4 rings (SSSR count). The van der Waals surface area contributed by atoms with Gasteiger partial charge in [-0.05, 0) is 23.8 Å². The van der Waals surface area contributed by atoms with Crippen molar-refractivity contribution in [1.29, 1.82) is 0 Å². The van der Waals surface area contributed by atoms with E-state index >= 15 is 0 Å². The third-order valence-corrected chi connectivity index (χ3v) is 3.38. The lowest BCUT2D eigenvalue weighted by atomic mass is 10.1. The molecule has 2 aromatic carbocycles. The lowest BCUT2D eigenvalue weighted by Crippen LogP contribution is -1.77. The standard InChI is InChI=1S/C17H12N2O/c1-2-4-12(5-3-1)17-18-15-7-6-13(10-16(15)19-17)14-8-9-20-11-14/h1-11H,(H,18,19). The fourth-order valence-electron chi connectivity index (χ4n) is 2.35. The Kier molecular flexibility index (Phi) is 2.42. The number of hydrogen-bond donors (Lipinski definition) is 1. The summed E-state index contributed by atoms with van der Waals surface area (Å²) in [6.45, 7) is 0. The number of H-pyrrole nitrogens is 1. The van der Waals surface area contributed by atoms with Crippen LogP contribution in [0.1, 0.15) is 0 Å². The van der Waals surface area contributed by atoms with Gasteiger partial charge in [0.25, 0.3) is 0 Å². The van der Waals surface area contributed by atoms with Gasteiger partial charge in [0.2, 0.25) is 0 Å². The summed E-state index contributed by atoms with van der Waals surface area (Å²) >= 11 is 0. The first-order valence-electron chi connectivity index (χ1n) is 6.48. The van der Waals surface area contributed by atoms with E-state index in [1.54, 1.807) is 12.5 Å². The molecular formula is C17H12N2O. The van der Waals surface area contributed by atoms with Crippen LogP contribution < -0.4 is 0 Å². The number of furan rings is 1. The van der Waals surface area contributed by atoms with Crippen molar-refractivity contribution >= 4 is 11.0 Å². The molecule has 0 fully saturated rings. The van der Waals surface area contributed by atoms with E-state index in [0.717, 1.165) is 33.5 Å². The van der Waals surface area contributed by atoms with Crippen molar-refractivity contribution in [1.82, 2.24) is 9.97 Å². The molecule has 0 radical (unpaired) electrons. The summed E-state index contributed by atoms with van der Waals surface area (Å²) in [5.41, 5.74) is 5.28. The quantitative estimate of drug-likeness (QED) is 0.577. The normalized spacial score (nSPS) is 11.0. The highest BCUT2D eigenvalue weighted by atomic mass is 16.3. The molecule has 0 saturated heterocycles. The number of fused-ring (bicyclic) bond motifs is 1. The number of hydrogen-bond acceptors (Lipinski definition) is 2. The third-order valence-electron chi connectivity index (χ3n) is 3.38. The first kappa shape index (κ1) is 11.1. The highest BCUT2D eigenvalue weighted by molar-refractivity contribution is 5.84. The van der Waals surface area contributed by atoms with E-state index in [-0.39, 0.29) is 0 Å². The van der Waals surface area contributed by atoms with Gasteiger partial charge in [-0.2, -0.15) is 0 Å². The number of nitrogens with zero attached hydrogens (tertiary/aromatic N) is 1. The van der Waals surface area contributed by atoms with Crippen molar-refractivity contribution in [3.8, 4) is 22.5 Å². The van der Waals surface area contributed by atoms with E-state index in [1.165, 1.54) is 0 Å². The Hall–Kier alpha value is -2.81. The van der Waals surface area contributed by atoms with E-state index in [9.17, 15) is 0 Å². The van der Waals surface area contributed by atoms with Crippen molar-refractivity contribution in [3.63, 3.8) is 0 Å². The zero-order valence-electron chi connectivity index (χ0n) is 10.7. The predicted octanol–water partition coefficient (Wildman–Crippen LogP) is 4.49. The molecule has 1 N–H and O–H groups in total. The largest absolute Gasteiger partial charge is 0.472 e. The van der Waals surface area contributed by atoms with E-state index in [1.807, 2.05) is 30.3 Å². The van der Waals surface area contributed by atoms with Crippen molar-refractivity contribution < 1.29 is 4.42 Å². The average Bonchev–Trinajstić information content (AvgIpc) is 3.16. The van der Waals surface area contributed by atoms with Crippen LogP contribution in [0, 0.1) is 0 Å². The summed E-state index contributed by atoms with van der Waals surface area (Å²) < 4.78 is 5.13. The van der Waals surface area contributed by atoms with E-state index in [4.69, 9.17) is 4.42 Å². The van der Waals surface area contributed by atoms with Gasteiger partial charge in [-0.1, -0.05) is 36.4 Å². The van der Waals surface area contributed by atoms with Gasteiger partial charge in [0.15, 0.2) is 0 Å². The molecule has 0 aliphatic carbocycles. The van der Waals surface area contributed by atoms with E-state index < -0.39 is 0 Å². The molecule has 0 aliphatic heterocycles. The number of aromatic nitrogens is 2. The average molecular weight is 260 g/mol. The summed E-state index contributed by atoms with van der Waals surface area (Å²) in [4.78, 5) is 8.00. The maximum atomic E-state index is 5.13. The van der Waals surface area contributed by atoms with Crippen molar-refractivity contribution in [2.24, 2.45) is 0 Å². The molecule has 20 heavy (non-hydrogen) atoms. The number of benzene rings is 2. The molecule has 96 valence electrons. The minimum Gasteiger partial charge on any atom is -0.472 e. The molecule has 0 unspecified atom stereocenters. The van der Waals surface area contributed by atoms with Crippen molar-refractivity contribution in [2.75, 3.05) is 0 Å². The summed E-state index contributed by atoms with van der Waals surface area (Å²) in [6, 6.07) is 18.3. The maximum absolute atomic E-state index is 5.13. The number of rotatable bonds is 2. The molecule has 2 aromatic heterocycles. The van der Waals surface area contributed by atoms with Gasteiger partial charge in [-0.3, -0.25) is 0 Å². The Morgan fingerprint density at radius 3 is 2.55 bits per heavy atom. The summed E-state index contributed by atoms with van der Waals surface area (Å²) in [6.07, 6.45) is 3.43. The van der Waals surface area contributed by atoms with Crippen LogP contribution in [0.4, 0.5) is 0 Å². The fourth-order valence-corrected chi connectivity index (χ4v) is 2.35. The monoisotopic (exact) mass is 260 g/mol.